The molecule has 1 aromatic carbocycles. The molecule has 0 unspecified atom stereocenters. The molecule has 2 aromatic rings. The number of rotatable bonds is 6. The van der Waals surface area contributed by atoms with Gasteiger partial charge in [0, 0.05) is 34.6 Å². The van der Waals surface area contributed by atoms with Gasteiger partial charge in [0.2, 0.25) is 0 Å². The molecule has 1 fully saturated rings. The first-order valence-corrected chi connectivity index (χ1v) is 8.22. The molecule has 0 saturated heterocycles. The Balaban J connectivity index is 1.67. The lowest BCUT2D eigenvalue weighted by atomic mass is 10.2. The molecule has 0 radical (unpaired) electrons. The smallest absolute Gasteiger partial charge is 0.0334 e. The van der Waals surface area contributed by atoms with E-state index in [1.807, 2.05) is 23.5 Å². The van der Waals surface area contributed by atoms with Gasteiger partial charge in [0.25, 0.3) is 0 Å². The molecule has 0 aliphatic heterocycles. The summed E-state index contributed by atoms with van der Waals surface area (Å²) in [5.41, 5.74) is 7.96. The Hall–Kier alpha value is -1.32. The van der Waals surface area contributed by atoms with Crippen LogP contribution in [-0.4, -0.2) is 10.9 Å². The summed E-state index contributed by atoms with van der Waals surface area (Å²) in [5, 5.41) is 0. The molecule has 2 N–H and O–H groups in total. The van der Waals surface area contributed by atoms with E-state index in [0.29, 0.717) is 0 Å². The molecule has 0 bridgehead atoms. The Morgan fingerprint density at radius 3 is 2.35 bits per heavy atom. The maximum atomic E-state index is 5.76. The van der Waals surface area contributed by atoms with Crippen molar-refractivity contribution >= 4 is 17.0 Å². The van der Waals surface area contributed by atoms with E-state index in [9.17, 15) is 0 Å². The van der Waals surface area contributed by atoms with Gasteiger partial charge in [-0.15, -0.1) is 11.3 Å². The van der Waals surface area contributed by atoms with Crippen molar-refractivity contribution in [2.24, 2.45) is 0 Å². The highest BCUT2D eigenvalue weighted by molar-refractivity contribution is 7.11. The Morgan fingerprint density at radius 2 is 1.75 bits per heavy atom. The fraction of sp³-hybridized carbons (Fsp3) is 0.412. The van der Waals surface area contributed by atoms with Gasteiger partial charge in [-0.3, -0.25) is 4.90 Å². The van der Waals surface area contributed by atoms with Crippen LogP contribution in [0.25, 0.3) is 0 Å². The first-order valence-electron chi connectivity index (χ1n) is 7.40. The highest BCUT2D eigenvalue weighted by atomic mass is 32.1. The lowest BCUT2D eigenvalue weighted by Crippen LogP contribution is -2.24. The van der Waals surface area contributed by atoms with Gasteiger partial charge in [-0.2, -0.15) is 0 Å². The van der Waals surface area contributed by atoms with Crippen molar-refractivity contribution < 1.29 is 0 Å². The van der Waals surface area contributed by atoms with Crippen LogP contribution in [0.3, 0.4) is 0 Å². The first-order chi connectivity index (χ1) is 9.74. The SMILES string of the molecule is CCc1ccc(CN(Cc2ccc(N)cc2)C2CC2)s1. The van der Waals surface area contributed by atoms with Crippen LogP contribution < -0.4 is 5.73 Å². The summed E-state index contributed by atoms with van der Waals surface area (Å²) in [4.78, 5) is 5.59. The van der Waals surface area contributed by atoms with Gasteiger partial charge in [-0.05, 0) is 49.1 Å². The highest BCUT2D eigenvalue weighted by Crippen LogP contribution is 2.31. The van der Waals surface area contributed by atoms with Crippen molar-refractivity contribution in [3.05, 3.63) is 51.7 Å². The van der Waals surface area contributed by atoms with Crippen molar-refractivity contribution in [1.29, 1.82) is 0 Å². The maximum absolute atomic E-state index is 5.76. The quantitative estimate of drug-likeness (QED) is 0.812. The molecule has 106 valence electrons. The lowest BCUT2D eigenvalue weighted by Gasteiger charge is -2.21. The third-order valence-electron chi connectivity index (χ3n) is 3.85. The fourth-order valence-corrected chi connectivity index (χ4v) is 3.49. The number of nitrogens with two attached hydrogens (primary N) is 1. The van der Waals surface area contributed by atoms with Crippen molar-refractivity contribution in [2.75, 3.05) is 5.73 Å². The molecule has 1 aliphatic carbocycles. The summed E-state index contributed by atoms with van der Waals surface area (Å²) in [6.07, 6.45) is 3.84. The second-order valence-electron chi connectivity index (χ2n) is 5.60. The zero-order chi connectivity index (χ0) is 13.9. The van der Waals surface area contributed by atoms with Gasteiger partial charge >= 0.3 is 0 Å². The number of hydrogen-bond acceptors (Lipinski definition) is 3. The number of nitrogens with zero attached hydrogens (tertiary/aromatic N) is 1. The second kappa shape index (κ2) is 5.98. The van der Waals surface area contributed by atoms with E-state index < -0.39 is 0 Å². The minimum atomic E-state index is 0.778. The van der Waals surface area contributed by atoms with Gasteiger partial charge in [-0.1, -0.05) is 19.1 Å². The second-order valence-corrected chi connectivity index (χ2v) is 6.85. The molecule has 3 heteroatoms. The summed E-state index contributed by atoms with van der Waals surface area (Å²) in [6.45, 7) is 4.34. The van der Waals surface area contributed by atoms with Gasteiger partial charge in [-0.25, -0.2) is 0 Å². The molecule has 1 heterocycles. The molecule has 1 aromatic heterocycles. The minimum absolute atomic E-state index is 0.778. The van der Waals surface area contributed by atoms with Crippen molar-refractivity contribution in [2.45, 2.75) is 45.3 Å². The van der Waals surface area contributed by atoms with E-state index >= 15 is 0 Å². The predicted molar refractivity (Wildman–Crippen MR) is 86.8 cm³/mol. The third-order valence-corrected chi connectivity index (χ3v) is 5.07. The summed E-state index contributed by atoms with van der Waals surface area (Å²) < 4.78 is 0. The molecule has 1 aliphatic rings. The first kappa shape index (κ1) is 13.7. The van der Waals surface area contributed by atoms with Crippen molar-refractivity contribution in [3.8, 4) is 0 Å². The molecule has 0 amide bonds. The van der Waals surface area contributed by atoms with Crippen LogP contribution in [-0.2, 0) is 19.5 Å². The monoisotopic (exact) mass is 286 g/mol. The number of thiophene rings is 1. The molecular weight excluding hydrogens is 264 g/mol. The number of anilines is 1. The number of aryl methyl sites for hydroxylation is 1. The molecule has 2 nitrogen and oxygen atoms in total. The molecule has 0 atom stereocenters. The number of nitrogen functional groups attached to an aromatic ring is 1. The molecule has 3 rings (SSSR count). The van der Waals surface area contributed by atoms with Crippen LogP contribution in [0.5, 0.6) is 0 Å². The largest absolute Gasteiger partial charge is 0.399 e. The normalized spacial score (nSPS) is 14.9. The lowest BCUT2D eigenvalue weighted by molar-refractivity contribution is 0.248. The third kappa shape index (κ3) is 3.41. The van der Waals surface area contributed by atoms with Crippen molar-refractivity contribution in [3.63, 3.8) is 0 Å². The Kier molecular flexibility index (Phi) is 4.08. The van der Waals surface area contributed by atoms with Crippen LogP contribution in [0.4, 0.5) is 5.69 Å². The van der Waals surface area contributed by atoms with Gasteiger partial charge in [0.1, 0.15) is 0 Å². The molecular formula is C17H22N2S. The fourth-order valence-electron chi connectivity index (χ4n) is 2.51. The molecule has 0 spiro atoms. The van der Waals surface area contributed by atoms with Crippen LogP contribution >= 0.6 is 11.3 Å². The van der Waals surface area contributed by atoms with Gasteiger partial charge in [0.15, 0.2) is 0 Å². The van der Waals surface area contributed by atoms with Crippen molar-refractivity contribution in [1.82, 2.24) is 4.90 Å². The Bertz CT molecular complexity index is 555. The van der Waals surface area contributed by atoms with E-state index in [2.05, 4.69) is 36.1 Å². The van der Waals surface area contributed by atoms with E-state index in [-0.39, 0.29) is 0 Å². The van der Waals surface area contributed by atoms with E-state index in [1.165, 1.54) is 28.2 Å². The minimum Gasteiger partial charge on any atom is -0.399 e. The summed E-state index contributed by atoms with van der Waals surface area (Å²) in [7, 11) is 0. The zero-order valence-corrected chi connectivity index (χ0v) is 12.8. The van der Waals surface area contributed by atoms with Crippen LogP contribution in [0.15, 0.2) is 36.4 Å². The number of benzene rings is 1. The number of hydrogen-bond donors (Lipinski definition) is 1. The Labute approximate surface area is 125 Å². The highest BCUT2D eigenvalue weighted by Gasteiger charge is 2.29. The van der Waals surface area contributed by atoms with Crippen LogP contribution in [0.2, 0.25) is 0 Å². The van der Waals surface area contributed by atoms with Gasteiger partial charge < -0.3 is 5.73 Å². The van der Waals surface area contributed by atoms with E-state index in [0.717, 1.165) is 31.2 Å². The van der Waals surface area contributed by atoms with Crippen LogP contribution in [0.1, 0.15) is 35.1 Å². The summed E-state index contributed by atoms with van der Waals surface area (Å²) >= 11 is 1.96. The standard InChI is InChI=1S/C17H22N2S/c1-2-16-9-10-17(20-16)12-19(15-7-8-15)11-13-3-5-14(18)6-4-13/h3-6,9-10,15H,2,7-8,11-12,18H2,1H3. The van der Waals surface area contributed by atoms with Gasteiger partial charge in [0.05, 0.1) is 0 Å². The summed E-state index contributed by atoms with van der Waals surface area (Å²) in [5.74, 6) is 0. The van der Waals surface area contributed by atoms with E-state index in [4.69, 9.17) is 5.73 Å². The van der Waals surface area contributed by atoms with E-state index in [1.54, 1.807) is 0 Å². The zero-order valence-electron chi connectivity index (χ0n) is 12.0. The average Bonchev–Trinajstić information content (AvgIpc) is 3.21. The molecule has 1 saturated carbocycles. The predicted octanol–water partition coefficient (Wildman–Crippen LogP) is 4.06. The maximum Gasteiger partial charge on any atom is 0.0334 e. The average molecular weight is 286 g/mol. The Morgan fingerprint density at radius 1 is 1.05 bits per heavy atom. The van der Waals surface area contributed by atoms with Crippen LogP contribution in [0, 0.1) is 0 Å². The molecule has 20 heavy (non-hydrogen) atoms. The summed E-state index contributed by atoms with van der Waals surface area (Å²) in [6, 6.07) is 13.6. The topological polar surface area (TPSA) is 29.3 Å².